The maximum atomic E-state index is 2.43. The van der Waals surface area contributed by atoms with Crippen molar-refractivity contribution in [3.8, 4) is 44.5 Å². The van der Waals surface area contributed by atoms with Gasteiger partial charge in [-0.3, -0.25) is 0 Å². The van der Waals surface area contributed by atoms with Gasteiger partial charge in [0.05, 0.1) is 15.8 Å². The fraction of sp³-hybridized carbons (Fsp3) is 0.0164. The standard InChI is InChI=1S/C61H41NS/c1-3-18-42(19-4-1)43-34-38-46(39-35-43)62(58-32-17-28-54-53-27-12-16-33-59(53)63-60(54)58)47-40-36-44(37-41-47)48-22-9-13-29-55(48)61(45-20-5-2-6-21-45)56-30-14-10-25-51(56)49-23-7-8-24-50(49)52-26-11-15-31-57(52)61/h1-41H. The highest BCUT2D eigenvalue weighted by molar-refractivity contribution is 7.26. The molecule has 0 radical (unpaired) electrons. The Morgan fingerprint density at radius 3 is 1.37 bits per heavy atom. The van der Waals surface area contributed by atoms with Crippen molar-refractivity contribution >= 4 is 48.6 Å². The van der Waals surface area contributed by atoms with Gasteiger partial charge in [0.2, 0.25) is 0 Å². The second kappa shape index (κ2) is 15.3. The van der Waals surface area contributed by atoms with Crippen LogP contribution < -0.4 is 4.90 Å². The van der Waals surface area contributed by atoms with E-state index in [1.807, 2.05) is 11.3 Å². The van der Waals surface area contributed by atoms with Gasteiger partial charge in [-0.05, 0) is 103 Å². The molecule has 296 valence electrons. The molecule has 0 saturated heterocycles. The van der Waals surface area contributed by atoms with Crippen LogP contribution >= 0.6 is 11.3 Å². The molecule has 11 aromatic rings. The first-order chi connectivity index (χ1) is 31.3. The molecule has 63 heavy (non-hydrogen) atoms. The van der Waals surface area contributed by atoms with Crippen LogP contribution in [0.25, 0.3) is 64.7 Å². The van der Waals surface area contributed by atoms with Gasteiger partial charge < -0.3 is 4.90 Å². The molecule has 0 N–H and O–H groups in total. The topological polar surface area (TPSA) is 3.24 Å². The van der Waals surface area contributed by atoms with Gasteiger partial charge in [0, 0.05) is 26.8 Å². The van der Waals surface area contributed by atoms with E-state index in [1.165, 1.54) is 92.6 Å². The Bertz CT molecular complexity index is 3370. The summed E-state index contributed by atoms with van der Waals surface area (Å²) in [5, 5.41) is 2.57. The molecule has 0 spiro atoms. The minimum Gasteiger partial charge on any atom is -0.309 e. The Labute approximate surface area is 372 Å². The summed E-state index contributed by atoms with van der Waals surface area (Å²) in [4.78, 5) is 2.43. The summed E-state index contributed by atoms with van der Waals surface area (Å²) in [7, 11) is 0. The molecule has 1 aliphatic rings. The molecular weight excluding hydrogens is 779 g/mol. The van der Waals surface area contributed by atoms with E-state index in [0.29, 0.717) is 0 Å². The summed E-state index contributed by atoms with van der Waals surface area (Å²) in [6, 6.07) is 91.7. The number of fused-ring (bicyclic) bond motifs is 8. The van der Waals surface area contributed by atoms with Gasteiger partial charge in [0.15, 0.2) is 0 Å². The molecule has 0 saturated carbocycles. The maximum absolute atomic E-state index is 2.43. The van der Waals surface area contributed by atoms with Gasteiger partial charge in [-0.15, -0.1) is 11.3 Å². The fourth-order valence-electron chi connectivity index (χ4n) is 10.3. The van der Waals surface area contributed by atoms with Crippen LogP contribution in [0.5, 0.6) is 0 Å². The summed E-state index contributed by atoms with van der Waals surface area (Å²) in [5.41, 5.74) is 17.6. The first-order valence-corrected chi connectivity index (χ1v) is 22.5. The second-order valence-electron chi connectivity index (χ2n) is 16.3. The quantitative estimate of drug-likeness (QED) is 0.155. The Kier molecular flexibility index (Phi) is 8.98. The maximum Gasteiger partial charge on any atom is 0.0719 e. The molecule has 0 aliphatic heterocycles. The molecule has 0 bridgehead atoms. The number of thiophene rings is 1. The van der Waals surface area contributed by atoms with E-state index in [4.69, 9.17) is 0 Å². The molecule has 12 rings (SSSR count). The summed E-state index contributed by atoms with van der Waals surface area (Å²) < 4.78 is 2.57. The second-order valence-corrected chi connectivity index (χ2v) is 17.4. The van der Waals surface area contributed by atoms with Crippen LogP contribution in [0, 0.1) is 0 Å². The van der Waals surface area contributed by atoms with Gasteiger partial charge in [-0.1, -0.05) is 212 Å². The van der Waals surface area contributed by atoms with Crippen molar-refractivity contribution in [1.82, 2.24) is 0 Å². The molecule has 1 nitrogen and oxygen atoms in total. The molecule has 1 heterocycles. The van der Waals surface area contributed by atoms with Crippen molar-refractivity contribution in [3.63, 3.8) is 0 Å². The molecule has 1 aromatic heterocycles. The normalized spacial score (nSPS) is 12.6. The molecule has 0 unspecified atom stereocenters. The number of hydrogen-bond acceptors (Lipinski definition) is 2. The molecule has 10 aromatic carbocycles. The van der Waals surface area contributed by atoms with Gasteiger partial charge >= 0.3 is 0 Å². The molecule has 2 heteroatoms. The first-order valence-electron chi connectivity index (χ1n) is 21.7. The number of nitrogens with zero attached hydrogens (tertiary/aromatic N) is 1. The minimum atomic E-state index is -0.633. The lowest BCUT2D eigenvalue weighted by Crippen LogP contribution is -2.32. The summed E-state index contributed by atoms with van der Waals surface area (Å²) in [6.07, 6.45) is 0. The van der Waals surface area contributed by atoms with Gasteiger partial charge in [-0.2, -0.15) is 0 Å². The van der Waals surface area contributed by atoms with Crippen LogP contribution in [0.4, 0.5) is 17.1 Å². The SMILES string of the molecule is c1ccc(-c2ccc(N(c3ccc(-c4ccccc4C4(c5ccccc5)c5ccccc5-c5ccccc5-c5ccccc54)cc3)c3cccc4c3sc3ccccc34)cc2)cc1. The zero-order chi connectivity index (χ0) is 41.7. The summed E-state index contributed by atoms with van der Waals surface area (Å²) >= 11 is 1.87. The fourth-order valence-corrected chi connectivity index (χ4v) is 11.5. The van der Waals surface area contributed by atoms with Crippen molar-refractivity contribution in [1.29, 1.82) is 0 Å². The lowest BCUT2D eigenvalue weighted by molar-refractivity contribution is 0.753. The molecule has 0 atom stereocenters. The minimum absolute atomic E-state index is 0.633. The number of benzene rings is 10. The van der Waals surface area contributed by atoms with E-state index in [-0.39, 0.29) is 0 Å². The average molecular weight is 820 g/mol. The summed E-state index contributed by atoms with van der Waals surface area (Å²) in [5.74, 6) is 0. The number of rotatable bonds is 7. The monoisotopic (exact) mass is 819 g/mol. The molecular formula is C61H41NS. The molecule has 0 amide bonds. The van der Waals surface area contributed by atoms with Crippen LogP contribution in [0.3, 0.4) is 0 Å². The first kappa shape index (κ1) is 37.0. The van der Waals surface area contributed by atoms with E-state index in [0.717, 1.165) is 11.4 Å². The van der Waals surface area contributed by atoms with Crippen molar-refractivity contribution in [3.05, 3.63) is 271 Å². The van der Waals surface area contributed by atoms with Crippen LogP contribution in [0.15, 0.2) is 249 Å². The smallest absolute Gasteiger partial charge is 0.0719 e. The van der Waals surface area contributed by atoms with Crippen LogP contribution in [-0.4, -0.2) is 0 Å². The number of anilines is 3. The largest absolute Gasteiger partial charge is 0.309 e. The van der Waals surface area contributed by atoms with Gasteiger partial charge in [-0.25, -0.2) is 0 Å². The third-order valence-electron chi connectivity index (χ3n) is 13.0. The van der Waals surface area contributed by atoms with E-state index in [1.54, 1.807) is 0 Å². The average Bonchev–Trinajstić information content (AvgIpc) is 3.71. The van der Waals surface area contributed by atoms with Crippen LogP contribution in [-0.2, 0) is 5.41 Å². The van der Waals surface area contributed by atoms with E-state index in [2.05, 4.69) is 254 Å². The van der Waals surface area contributed by atoms with Crippen molar-refractivity contribution in [2.24, 2.45) is 0 Å². The number of hydrogen-bond donors (Lipinski definition) is 0. The summed E-state index contributed by atoms with van der Waals surface area (Å²) in [6.45, 7) is 0. The lowest BCUT2D eigenvalue weighted by Gasteiger charge is -2.39. The molecule has 1 aliphatic carbocycles. The van der Waals surface area contributed by atoms with Crippen LogP contribution in [0.2, 0.25) is 0 Å². The highest BCUT2D eigenvalue weighted by Gasteiger charge is 2.44. The van der Waals surface area contributed by atoms with Crippen molar-refractivity contribution < 1.29 is 0 Å². The highest BCUT2D eigenvalue weighted by Crippen LogP contribution is 2.56. The predicted octanol–water partition coefficient (Wildman–Crippen LogP) is 16.9. The third-order valence-corrected chi connectivity index (χ3v) is 14.2. The predicted molar refractivity (Wildman–Crippen MR) is 268 cm³/mol. The Morgan fingerprint density at radius 2 is 0.746 bits per heavy atom. The van der Waals surface area contributed by atoms with Gasteiger partial charge in [0.1, 0.15) is 0 Å². The Hall–Kier alpha value is -7.78. The lowest BCUT2D eigenvalue weighted by atomic mass is 9.62. The van der Waals surface area contributed by atoms with E-state index in [9.17, 15) is 0 Å². The molecule has 0 fully saturated rings. The van der Waals surface area contributed by atoms with E-state index >= 15 is 0 Å². The highest BCUT2D eigenvalue weighted by atomic mass is 32.1. The third kappa shape index (κ3) is 5.98. The zero-order valence-corrected chi connectivity index (χ0v) is 35.3. The van der Waals surface area contributed by atoms with Gasteiger partial charge in [0.25, 0.3) is 0 Å². The van der Waals surface area contributed by atoms with E-state index < -0.39 is 5.41 Å². The van der Waals surface area contributed by atoms with Crippen LogP contribution in [0.1, 0.15) is 22.3 Å². The zero-order valence-electron chi connectivity index (χ0n) is 34.5. The Balaban J connectivity index is 1.06. The van der Waals surface area contributed by atoms with Crippen molar-refractivity contribution in [2.75, 3.05) is 4.90 Å². The van der Waals surface area contributed by atoms with Crippen molar-refractivity contribution in [2.45, 2.75) is 5.41 Å². The Morgan fingerprint density at radius 1 is 0.302 bits per heavy atom.